The van der Waals surface area contributed by atoms with Crippen LogP contribution in [-0.4, -0.2) is 41.6 Å². The van der Waals surface area contributed by atoms with Gasteiger partial charge in [-0.2, -0.15) is 13.2 Å². The maximum atomic E-state index is 13.8. The number of hydrogen-bond donors (Lipinski definition) is 1. The highest BCUT2D eigenvalue weighted by molar-refractivity contribution is 7.09. The summed E-state index contributed by atoms with van der Waals surface area (Å²) in [6.07, 6.45) is -2.72. The maximum absolute atomic E-state index is 13.8. The predicted molar refractivity (Wildman–Crippen MR) is 93.7 cm³/mol. The molecule has 0 saturated carbocycles. The molecule has 0 radical (unpaired) electrons. The van der Waals surface area contributed by atoms with Gasteiger partial charge in [0.2, 0.25) is 5.91 Å². The number of carbonyl (C=O) groups excluding carboxylic acids is 1. The highest BCUT2D eigenvalue weighted by Crippen LogP contribution is 2.46. The summed E-state index contributed by atoms with van der Waals surface area (Å²) in [5.41, 5.74) is -1.40. The standard InChI is InChI=1S/C18H20F3N3OS/c19-18(20,21)17(16(25)23-8-6-15-22-9-11-26-15)7-10-24(13-17)12-14-4-2-1-3-5-14/h1-5,9,11H,6-8,10,12-13H2,(H,23,25). The summed E-state index contributed by atoms with van der Waals surface area (Å²) >= 11 is 1.42. The molecule has 0 bridgehead atoms. The van der Waals surface area contributed by atoms with Gasteiger partial charge in [-0.25, -0.2) is 4.98 Å². The molecule has 1 atom stereocenters. The topological polar surface area (TPSA) is 45.2 Å². The van der Waals surface area contributed by atoms with Crippen LogP contribution >= 0.6 is 11.3 Å². The molecule has 2 heterocycles. The number of likely N-dealkylation sites (tertiary alicyclic amines) is 1. The van der Waals surface area contributed by atoms with E-state index in [1.165, 1.54) is 11.3 Å². The molecule has 1 unspecified atom stereocenters. The van der Waals surface area contributed by atoms with Crippen molar-refractivity contribution in [3.05, 3.63) is 52.5 Å². The van der Waals surface area contributed by atoms with Gasteiger partial charge in [0.25, 0.3) is 0 Å². The molecule has 0 spiro atoms. The van der Waals surface area contributed by atoms with E-state index in [2.05, 4.69) is 10.3 Å². The Morgan fingerprint density at radius 1 is 1.31 bits per heavy atom. The zero-order valence-corrected chi connectivity index (χ0v) is 14.9. The van der Waals surface area contributed by atoms with E-state index in [1.807, 2.05) is 30.3 Å². The number of carbonyl (C=O) groups is 1. The Hall–Kier alpha value is -1.93. The Morgan fingerprint density at radius 3 is 2.73 bits per heavy atom. The molecule has 8 heteroatoms. The summed E-state index contributed by atoms with van der Waals surface area (Å²) in [6.45, 7) is 0.497. The number of nitrogens with zero attached hydrogens (tertiary/aromatic N) is 2. The van der Waals surface area contributed by atoms with E-state index in [1.54, 1.807) is 16.5 Å². The quantitative estimate of drug-likeness (QED) is 0.833. The highest BCUT2D eigenvalue weighted by Gasteiger charge is 2.62. The van der Waals surface area contributed by atoms with Gasteiger partial charge in [0.05, 0.1) is 5.01 Å². The third-order valence-corrected chi connectivity index (χ3v) is 5.52. The molecule has 1 amide bonds. The van der Waals surface area contributed by atoms with Gasteiger partial charge in [-0.05, 0) is 18.5 Å². The number of amides is 1. The Kier molecular flexibility index (Phi) is 5.62. The lowest BCUT2D eigenvalue weighted by atomic mass is 9.85. The minimum Gasteiger partial charge on any atom is -0.355 e. The largest absolute Gasteiger partial charge is 0.404 e. The molecule has 1 N–H and O–H groups in total. The lowest BCUT2D eigenvalue weighted by Gasteiger charge is -2.30. The fraction of sp³-hybridized carbons (Fsp3) is 0.444. The van der Waals surface area contributed by atoms with Crippen LogP contribution in [0.3, 0.4) is 0 Å². The second-order valence-electron chi connectivity index (χ2n) is 6.46. The number of alkyl halides is 3. The Morgan fingerprint density at radius 2 is 2.08 bits per heavy atom. The summed E-state index contributed by atoms with van der Waals surface area (Å²) < 4.78 is 41.3. The molecule has 1 aliphatic heterocycles. The van der Waals surface area contributed by atoms with Crippen LogP contribution in [0.5, 0.6) is 0 Å². The number of hydrogen-bond acceptors (Lipinski definition) is 4. The van der Waals surface area contributed by atoms with Crippen molar-refractivity contribution in [3.8, 4) is 0 Å². The predicted octanol–water partition coefficient (Wildman–Crippen LogP) is 3.26. The fourth-order valence-electron chi connectivity index (χ4n) is 3.24. The molecule has 1 aromatic carbocycles. The van der Waals surface area contributed by atoms with E-state index >= 15 is 0 Å². The number of thiazole rings is 1. The van der Waals surface area contributed by atoms with E-state index in [4.69, 9.17) is 0 Å². The first kappa shape index (κ1) is 18.8. The lowest BCUT2D eigenvalue weighted by molar-refractivity contribution is -0.218. The van der Waals surface area contributed by atoms with Crippen molar-refractivity contribution in [2.45, 2.75) is 25.6 Å². The monoisotopic (exact) mass is 383 g/mol. The molecular weight excluding hydrogens is 363 g/mol. The van der Waals surface area contributed by atoms with Crippen molar-refractivity contribution in [3.63, 3.8) is 0 Å². The van der Waals surface area contributed by atoms with Crippen molar-refractivity contribution >= 4 is 17.2 Å². The summed E-state index contributed by atoms with van der Waals surface area (Å²) in [5.74, 6) is -0.933. The normalized spacial score (nSPS) is 21.0. The highest BCUT2D eigenvalue weighted by atomic mass is 32.1. The Bertz CT molecular complexity index is 721. The van der Waals surface area contributed by atoms with Gasteiger partial charge in [0.15, 0.2) is 5.41 Å². The van der Waals surface area contributed by atoms with Crippen LogP contribution in [0.15, 0.2) is 41.9 Å². The first-order valence-electron chi connectivity index (χ1n) is 8.40. The van der Waals surface area contributed by atoms with E-state index < -0.39 is 17.5 Å². The fourth-order valence-corrected chi connectivity index (χ4v) is 3.86. The van der Waals surface area contributed by atoms with Crippen LogP contribution in [-0.2, 0) is 17.8 Å². The molecule has 0 aliphatic carbocycles. The van der Waals surface area contributed by atoms with Crippen LogP contribution < -0.4 is 5.32 Å². The molecule has 1 saturated heterocycles. The number of aromatic nitrogens is 1. The van der Waals surface area contributed by atoms with Crippen LogP contribution in [0.2, 0.25) is 0 Å². The van der Waals surface area contributed by atoms with Crippen molar-refractivity contribution in [1.82, 2.24) is 15.2 Å². The number of benzene rings is 1. The van der Waals surface area contributed by atoms with Crippen molar-refractivity contribution < 1.29 is 18.0 Å². The van der Waals surface area contributed by atoms with Crippen LogP contribution in [0.25, 0.3) is 0 Å². The number of rotatable bonds is 6. The smallest absolute Gasteiger partial charge is 0.355 e. The summed E-state index contributed by atoms with van der Waals surface area (Å²) in [6, 6.07) is 9.33. The maximum Gasteiger partial charge on any atom is 0.404 e. The number of nitrogens with one attached hydrogen (secondary N) is 1. The van der Waals surface area contributed by atoms with Gasteiger partial charge in [0, 0.05) is 37.6 Å². The van der Waals surface area contributed by atoms with Gasteiger partial charge in [-0.15, -0.1) is 11.3 Å². The average Bonchev–Trinajstić information content (AvgIpc) is 3.25. The summed E-state index contributed by atoms with van der Waals surface area (Å²) in [7, 11) is 0. The first-order valence-corrected chi connectivity index (χ1v) is 9.28. The van der Waals surface area contributed by atoms with E-state index in [9.17, 15) is 18.0 Å². The third kappa shape index (κ3) is 4.07. The van der Waals surface area contributed by atoms with Crippen LogP contribution in [0, 0.1) is 5.41 Å². The number of halogens is 3. The van der Waals surface area contributed by atoms with E-state index in [0.717, 1.165) is 10.6 Å². The van der Waals surface area contributed by atoms with E-state index in [0.29, 0.717) is 13.0 Å². The van der Waals surface area contributed by atoms with Gasteiger partial charge in [-0.3, -0.25) is 9.69 Å². The van der Waals surface area contributed by atoms with E-state index in [-0.39, 0.29) is 26.1 Å². The third-order valence-electron chi connectivity index (χ3n) is 4.68. The average molecular weight is 383 g/mol. The molecule has 4 nitrogen and oxygen atoms in total. The minimum atomic E-state index is -4.58. The Balaban J connectivity index is 1.64. The molecule has 2 aromatic rings. The Labute approximate surface area is 154 Å². The van der Waals surface area contributed by atoms with Gasteiger partial charge in [0.1, 0.15) is 0 Å². The van der Waals surface area contributed by atoms with Crippen LogP contribution in [0.4, 0.5) is 13.2 Å². The molecule has 1 aliphatic rings. The second kappa shape index (κ2) is 7.75. The summed E-state index contributed by atoms with van der Waals surface area (Å²) in [5, 5.41) is 5.07. The van der Waals surface area contributed by atoms with Crippen molar-refractivity contribution in [1.29, 1.82) is 0 Å². The second-order valence-corrected chi connectivity index (χ2v) is 7.44. The molecule has 26 heavy (non-hydrogen) atoms. The zero-order chi connectivity index (χ0) is 18.6. The van der Waals surface area contributed by atoms with Gasteiger partial charge in [-0.1, -0.05) is 30.3 Å². The molecule has 1 aromatic heterocycles. The van der Waals surface area contributed by atoms with Crippen molar-refractivity contribution in [2.24, 2.45) is 5.41 Å². The minimum absolute atomic E-state index is 0.156. The summed E-state index contributed by atoms with van der Waals surface area (Å²) in [4.78, 5) is 18.2. The van der Waals surface area contributed by atoms with Gasteiger partial charge >= 0.3 is 6.18 Å². The lowest BCUT2D eigenvalue weighted by Crippen LogP contribution is -2.52. The van der Waals surface area contributed by atoms with Crippen LogP contribution in [0.1, 0.15) is 17.0 Å². The molecular formula is C18H20F3N3OS. The zero-order valence-electron chi connectivity index (χ0n) is 14.1. The SMILES string of the molecule is O=C(NCCc1nccs1)C1(C(F)(F)F)CCN(Cc2ccccc2)C1. The van der Waals surface area contributed by atoms with Crippen molar-refractivity contribution in [2.75, 3.05) is 19.6 Å². The molecule has 1 fully saturated rings. The molecule has 140 valence electrons. The first-order chi connectivity index (χ1) is 12.4. The van der Waals surface area contributed by atoms with Gasteiger partial charge < -0.3 is 5.32 Å². The molecule has 3 rings (SSSR count).